The Kier molecular flexibility index (Phi) is 5.67. The number of β-amino-alcohol motifs (C(OH)–C–C–N with tert-alkyl or cyclic N) is 1. The van der Waals surface area contributed by atoms with Crippen LogP contribution >= 0.6 is 11.9 Å². The van der Waals surface area contributed by atoms with Crippen LogP contribution in [0.4, 0.5) is 10.1 Å². The Labute approximate surface area is 213 Å². The van der Waals surface area contributed by atoms with Crippen molar-refractivity contribution in [3.05, 3.63) is 48.3 Å². The molecule has 0 amide bonds. The molecule has 3 nitrogen and oxygen atoms in total. The number of aliphatic hydroxyl groups excluding tert-OH is 1. The topological polar surface area (TPSA) is 26.7 Å². The minimum Gasteiger partial charge on any atom is -0.391 e. The van der Waals surface area contributed by atoms with Gasteiger partial charge in [-0.2, -0.15) is 0 Å². The minimum absolute atomic E-state index is 0.150. The Hall–Kier alpha value is -1.56. The molecule has 4 bridgehead atoms. The van der Waals surface area contributed by atoms with E-state index < -0.39 is 0 Å². The fourth-order valence-electron chi connectivity index (χ4n) is 8.62. The molecule has 1 atom stereocenters. The molecular weight excluding hydrogens is 455 g/mol. The van der Waals surface area contributed by atoms with Crippen LogP contribution in [0.5, 0.6) is 0 Å². The summed E-state index contributed by atoms with van der Waals surface area (Å²) >= 11 is 1.80. The molecule has 2 aromatic carbocycles. The maximum absolute atomic E-state index is 14.1. The highest BCUT2D eigenvalue weighted by Crippen LogP contribution is 2.61. The molecule has 0 aromatic heterocycles. The van der Waals surface area contributed by atoms with Crippen molar-refractivity contribution in [2.45, 2.75) is 62.4 Å². The lowest BCUT2D eigenvalue weighted by Gasteiger charge is -2.59. The van der Waals surface area contributed by atoms with Crippen molar-refractivity contribution in [1.29, 1.82) is 0 Å². The van der Waals surface area contributed by atoms with Crippen molar-refractivity contribution in [3.8, 4) is 11.1 Å². The lowest BCUT2D eigenvalue weighted by molar-refractivity contribution is -0.127. The summed E-state index contributed by atoms with van der Waals surface area (Å²) in [6, 6.07) is 13.6. The molecule has 4 aliphatic carbocycles. The second kappa shape index (κ2) is 8.78. The average Bonchev–Trinajstić information content (AvgIpc) is 2.84. The van der Waals surface area contributed by atoms with Crippen LogP contribution in [-0.4, -0.2) is 42.3 Å². The Morgan fingerprint density at radius 3 is 2.34 bits per heavy atom. The molecule has 35 heavy (non-hydrogen) atoms. The first-order valence-electron chi connectivity index (χ1n) is 13.8. The van der Waals surface area contributed by atoms with Crippen molar-refractivity contribution in [2.24, 2.45) is 29.1 Å². The normalized spacial score (nSPS) is 33.0. The number of anilines is 1. The highest BCUT2D eigenvalue weighted by molar-refractivity contribution is 8.01. The van der Waals surface area contributed by atoms with Gasteiger partial charge in [0.25, 0.3) is 0 Å². The Balaban J connectivity index is 0.987. The molecule has 1 saturated heterocycles. The first kappa shape index (κ1) is 22.6. The van der Waals surface area contributed by atoms with E-state index in [0.29, 0.717) is 5.92 Å². The fourth-order valence-corrected chi connectivity index (χ4v) is 9.82. The third-order valence-corrected chi connectivity index (χ3v) is 11.1. The van der Waals surface area contributed by atoms with Gasteiger partial charge in [0.05, 0.1) is 11.8 Å². The molecule has 2 heterocycles. The molecule has 8 rings (SSSR count). The maximum Gasteiger partial charge on any atom is 0.123 e. The molecule has 0 spiro atoms. The van der Waals surface area contributed by atoms with Crippen molar-refractivity contribution < 1.29 is 9.50 Å². The fraction of sp³-hybridized carbons (Fsp3) is 0.600. The minimum atomic E-state index is -0.170. The summed E-state index contributed by atoms with van der Waals surface area (Å²) in [5, 5.41) is 11.4. The van der Waals surface area contributed by atoms with E-state index in [1.807, 2.05) is 12.1 Å². The van der Waals surface area contributed by atoms with E-state index >= 15 is 0 Å². The molecule has 0 radical (unpaired) electrons. The summed E-state index contributed by atoms with van der Waals surface area (Å²) < 4.78 is 16.5. The van der Waals surface area contributed by atoms with Gasteiger partial charge in [0, 0.05) is 23.5 Å². The number of halogens is 1. The SMILES string of the molecule is O[C@H](CN1CCC(CN2Sc3ccccc3-c3cc(F)ccc32)CC1)C12CC3CC(CC(C3)C1)C2. The zero-order valence-electron chi connectivity index (χ0n) is 20.5. The van der Waals surface area contributed by atoms with E-state index in [2.05, 4.69) is 27.4 Å². The first-order chi connectivity index (χ1) is 17.0. The molecule has 2 aromatic rings. The van der Waals surface area contributed by atoms with Gasteiger partial charge in [0.2, 0.25) is 0 Å². The van der Waals surface area contributed by atoms with Crippen LogP contribution in [0.3, 0.4) is 0 Å². The van der Waals surface area contributed by atoms with Crippen LogP contribution in [0.25, 0.3) is 11.1 Å². The number of piperidine rings is 1. The summed E-state index contributed by atoms with van der Waals surface area (Å²) in [5.41, 5.74) is 3.50. The van der Waals surface area contributed by atoms with E-state index in [9.17, 15) is 9.50 Å². The number of aliphatic hydroxyl groups is 1. The van der Waals surface area contributed by atoms with Gasteiger partial charge in [0.1, 0.15) is 5.82 Å². The molecule has 5 fully saturated rings. The van der Waals surface area contributed by atoms with Crippen molar-refractivity contribution in [1.82, 2.24) is 4.90 Å². The number of fused-ring (bicyclic) bond motifs is 3. The summed E-state index contributed by atoms with van der Waals surface area (Å²) in [6.07, 6.45) is 10.3. The number of likely N-dealkylation sites (tertiary alicyclic amines) is 1. The van der Waals surface area contributed by atoms with E-state index in [1.165, 1.54) is 56.3 Å². The van der Waals surface area contributed by atoms with Gasteiger partial charge < -0.3 is 14.3 Å². The van der Waals surface area contributed by atoms with Crippen LogP contribution in [0.1, 0.15) is 51.4 Å². The molecule has 6 aliphatic rings. The number of benzene rings is 2. The van der Waals surface area contributed by atoms with Crippen LogP contribution in [0, 0.1) is 34.9 Å². The van der Waals surface area contributed by atoms with E-state index in [4.69, 9.17) is 0 Å². The lowest BCUT2D eigenvalue weighted by atomic mass is 9.48. The average molecular weight is 493 g/mol. The van der Waals surface area contributed by atoms with Crippen molar-refractivity contribution in [3.63, 3.8) is 0 Å². The van der Waals surface area contributed by atoms with Crippen LogP contribution in [0.2, 0.25) is 0 Å². The predicted molar refractivity (Wildman–Crippen MR) is 141 cm³/mol. The number of nitrogens with zero attached hydrogens (tertiary/aromatic N) is 2. The standard InChI is InChI=1S/C30H37FN2OS/c31-24-5-6-27-26(14-24)25-3-1-2-4-28(25)35-33(27)18-20-7-9-32(10-8-20)19-29(34)30-15-21-11-22(16-30)13-23(12-21)17-30/h1-6,14,20-23,29,34H,7-13,15-19H2/t21?,22?,23?,29-,30?/m1/s1. The smallest absolute Gasteiger partial charge is 0.123 e. The zero-order valence-corrected chi connectivity index (χ0v) is 21.4. The molecular formula is C30H37FN2OS. The molecule has 186 valence electrons. The van der Waals surface area contributed by atoms with E-state index in [-0.39, 0.29) is 17.3 Å². The second-order valence-electron chi connectivity index (χ2n) is 12.3. The maximum atomic E-state index is 14.1. The summed E-state index contributed by atoms with van der Waals surface area (Å²) in [7, 11) is 0. The summed E-state index contributed by atoms with van der Waals surface area (Å²) in [5.74, 6) is 3.13. The third kappa shape index (κ3) is 4.12. The quantitative estimate of drug-likeness (QED) is 0.475. The Morgan fingerprint density at radius 2 is 1.63 bits per heavy atom. The molecule has 1 N–H and O–H groups in total. The van der Waals surface area contributed by atoms with Gasteiger partial charge in [-0.1, -0.05) is 18.2 Å². The first-order valence-corrected chi connectivity index (χ1v) is 14.6. The van der Waals surface area contributed by atoms with Crippen molar-refractivity contribution in [2.75, 3.05) is 30.5 Å². The molecule has 0 unspecified atom stereocenters. The highest BCUT2D eigenvalue weighted by atomic mass is 32.2. The van der Waals surface area contributed by atoms with Gasteiger partial charge in [-0.3, -0.25) is 0 Å². The van der Waals surface area contributed by atoms with E-state index in [1.54, 1.807) is 24.1 Å². The Bertz CT molecular complexity index is 1060. The van der Waals surface area contributed by atoms with Gasteiger partial charge in [0.15, 0.2) is 0 Å². The van der Waals surface area contributed by atoms with Crippen LogP contribution < -0.4 is 4.31 Å². The largest absolute Gasteiger partial charge is 0.391 e. The van der Waals surface area contributed by atoms with Crippen molar-refractivity contribution >= 4 is 17.6 Å². The monoisotopic (exact) mass is 492 g/mol. The summed E-state index contributed by atoms with van der Waals surface area (Å²) in [4.78, 5) is 3.75. The van der Waals surface area contributed by atoms with Gasteiger partial charge in [-0.25, -0.2) is 4.39 Å². The van der Waals surface area contributed by atoms with Gasteiger partial charge in [-0.15, -0.1) is 0 Å². The third-order valence-electron chi connectivity index (χ3n) is 9.97. The van der Waals surface area contributed by atoms with Crippen LogP contribution in [-0.2, 0) is 0 Å². The van der Waals surface area contributed by atoms with E-state index in [0.717, 1.165) is 60.7 Å². The number of hydrogen-bond donors (Lipinski definition) is 1. The molecule has 4 saturated carbocycles. The molecule has 5 heteroatoms. The van der Waals surface area contributed by atoms with Gasteiger partial charge in [-0.05, 0) is 135 Å². The zero-order chi connectivity index (χ0) is 23.6. The summed E-state index contributed by atoms with van der Waals surface area (Å²) in [6.45, 7) is 4.02. The van der Waals surface area contributed by atoms with Gasteiger partial charge >= 0.3 is 0 Å². The second-order valence-corrected chi connectivity index (χ2v) is 13.4. The molecule has 2 aliphatic heterocycles. The predicted octanol–water partition coefficient (Wildman–Crippen LogP) is 6.61. The highest BCUT2D eigenvalue weighted by Gasteiger charge is 2.54. The number of hydrogen-bond acceptors (Lipinski definition) is 4. The number of rotatable bonds is 5. The van der Waals surface area contributed by atoms with Crippen LogP contribution in [0.15, 0.2) is 47.4 Å². The lowest BCUT2D eigenvalue weighted by Crippen LogP contribution is -2.55. The Morgan fingerprint density at radius 1 is 0.943 bits per heavy atom.